The van der Waals surface area contributed by atoms with Gasteiger partial charge in [-0.3, -0.25) is 4.79 Å². The van der Waals surface area contributed by atoms with Gasteiger partial charge in [-0.05, 0) is 25.5 Å². The summed E-state index contributed by atoms with van der Waals surface area (Å²) in [7, 11) is 0. The van der Waals surface area contributed by atoms with Crippen LogP contribution in [0.2, 0.25) is 0 Å². The molecule has 0 aromatic heterocycles. The number of halogens is 4. The summed E-state index contributed by atoms with van der Waals surface area (Å²) in [6, 6.07) is 4.81. The van der Waals surface area contributed by atoms with Gasteiger partial charge in [-0.25, -0.2) is 0 Å². The maximum absolute atomic E-state index is 12.8. The van der Waals surface area contributed by atoms with E-state index < -0.39 is 23.3 Å². The third-order valence-corrected chi connectivity index (χ3v) is 4.31. The Kier molecular flexibility index (Phi) is 6.67. The number of nitrogens with one attached hydrogen (secondary N) is 2. The maximum Gasteiger partial charge on any atom is 0.416 e. The first-order valence-electron chi connectivity index (χ1n) is 7.47. The summed E-state index contributed by atoms with van der Waals surface area (Å²) in [5.41, 5.74) is -1.57. The number of hydrogen-bond donors (Lipinski definition) is 3. The lowest BCUT2D eigenvalue weighted by molar-refractivity contribution is -0.138. The van der Waals surface area contributed by atoms with E-state index >= 15 is 0 Å². The van der Waals surface area contributed by atoms with Gasteiger partial charge in [0.1, 0.15) is 0 Å². The van der Waals surface area contributed by atoms with Crippen LogP contribution in [-0.4, -0.2) is 36.8 Å². The zero-order valence-corrected chi connectivity index (χ0v) is 14.3. The summed E-state index contributed by atoms with van der Waals surface area (Å²) in [4.78, 5) is 12.4. The predicted octanol–water partition coefficient (Wildman–Crippen LogP) is 2.10. The second-order valence-electron chi connectivity index (χ2n) is 6.40. The Bertz CT molecular complexity index is 579. The third kappa shape index (κ3) is 4.62. The lowest BCUT2D eigenvalue weighted by atomic mass is 9.82. The van der Waals surface area contributed by atoms with Crippen LogP contribution >= 0.6 is 12.4 Å². The van der Waals surface area contributed by atoms with Crippen molar-refractivity contribution in [2.75, 3.05) is 19.6 Å². The minimum Gasteiger partial charge on any atom is -0.391 e. The molecule has 8 heteroatoms. The van der Waals surface area contributed by atoms with E-state index in [4.69, 9.17) is 0 Å². The molecule has 0 saturated carbocycles. The van der Waals surface area contributed by atoms with Crippen LogP contribution < -0.4 is 10.6 Å². The zero-order valence-electron chi connectivity index (χ0n) is 13.5. The van der Waals surface area contributed by atoms with Gasteiger partial charge in [-0.1, -0.05) is 18.2 Å². The number of aliphatic hydroxyl groups is 1. The number of aliphatic hydroxyl groups excluding tert-OH is 1. The van der Waals surface area contributed by atoms with Crippen LogP contribution in [0.4, 0.5) is 13.2 Å². The van der Waals surface area contributed by atoms with Gasteiger partial charge in [0.25, 0.3) is 0 Å². The number of benzene rings is 1. The third-order valence-electron chi connectivity index (χ3n) is 4.31. The summed E-state index contributed by atoms with van der Waals surface area (Å²) < 4.78 is 38.5. The first kappa shape index (κ1) is 20.7. The summed E-state index contributed by atoms with van der Waals surface area (Å²) in [6.07, 6.45) is -4.96. The molecular formula is C16H22ClF3N2O2. The molecule has 0 spiro atoms. The van der Waals surface area contributed by atoms with Crippen LogP contribution in [0.3, 0.4) is 0 Å². The molecule has 3 N–H and O–H groups in total. The van der Waals surface area contributed by atoms with Crippen molar-refractivity contribution in [3.8, 4) is 0 Å². The van der Waals surface area contributed by atoms with Gasteiger partial charge < -0.3 is 15.7 Å². The van der Waals surface area contributed by atoms with Crippen molar-refractivity contribution in [2.24, 2.45) is 5.92 Å². The Balaban J connectivity index is 0.00000288. The maximum atomic E-state index is 12.8. The molecule has 1 aromatic rings. The Morgan fingerprint density at radius 2 is 1.92 bits per heavy atom. The summed E-state index contributed by atoms with van der Waals surface area (Å²) >= 11 is 0. The number of alkyl halides is 3. The molecule has 1 aliphatic heterocycles. The molecule has 136 valence electrons. The molecule has 24 heavy (non-hydrogen) atoms. The monoisotopic (exact) mass is 366 g/mol. The van der Waals surface area contributed by atoms with Gasteiger partial charge in [-0.15, -0.1) is 12.4 Å². The van der Waals surface area contributed by atoms with Gasteiger partial charge in [0.05, 0.1) is 17.1 Å². The number of carbonyl (C=O) groups is 1. The number of β-amino-alcohol motifs (C(OH)–C–C–N with tert-alkyl or cyclic N) is 1. The highest BCUT2D eigenvalue weighted by Gasteiger charge is 2.35. The average molecular weight is 367 g/mol. The molecule has 2 atom stereocenters. The number of amides is 1. The number of rotatable bonds is 4. The van der Waals surface area contributed by atoms with Gasteiger partial charge >= 0.3 is 6.18 Å². The van der Waals surface area contributed by atoms with Crippen LogP contribution in [0.25, 0.3) is 0 Å². The Labute approximate surface area is 145 Å². The Hall–Kier alpha value is -1.31. The molecule has 1 heterocycles. The van der Waals surface area contributed by atoms with Crippen molar-refractivity contribution >= 4 is 18.3 Å². The standard InChI is InChI=1S/C16H21F3N2O2.ClH/c1-15(2,11-4-3-5-12(6-11)16(17,18)19)14(23)21-8-10-7-20-9-13(10)22;/h3-6,10,13,20,22H,7-9H2,1-2H3,(H,21,23);1H. The minimum atomic E-state index is -4.44. The number of carbonyl (C=O) groups excluding carboxylic acids is 1. The first-order valence-corrected chi connectivity index (χ1v) is 7.47. The van der Waals surface area contributed by atoms with Crippen molar-refractivity contribution in [3.05, 3.63) is 35.4 Å². The molecule has 2 unspecified atom stereocenters. The molecule has 2 rings (SSSR count). The lowest BCUT2D eigenvalue weighted by Crippen LogP contribution is -2.43. The van der Waals surface area contributed by atoms with E-state index in [2.05, 4.69) is 10.6 Å². The van der Waals surface area contributed by atoms with Gasteiger partial charge in [0.15, 0.2) is 0 Å². The SMILES string of the molecule is CC(C)(C(=O)NCC1CNCC1O)c1cccc(C(F)(F)F)c1.Cl. The van der Waals surface area contributed by atoms with Crippen molar-refractivity contribution in [3.63, 3.8) is 0 Å². The fourth-order valence-electron chi connectivity index (χ4n) is 2.59. The second-order valence-corrected chi connectivity index (χ2v) is 6.40. The Morgan fingerprint density at radius 3 is 2.46 bits per heavy atom. The number of hydrogen-bond acceptors (Lipinski definition) is 3. The smallest absolute Gasteiger partial charge is 0.391 e. The molecule has 4 nitrogen and oxygen atoms in total. The predicted molar refractivity (Wildman–Crippen MR) is 87.1 cm³/mol. The van der Waals surface area contributed by atoms with E-state index in [0.717, 1.165) is 12.1 Å². The van der Waals surface area contributed by atoms with Crippen LogP contribution in [-0.2, 0) is 16.4 Å². The fraction of sp³-hybridized carbons (Fsp3) is 0.562. The molecule has 0 bridgehead atoms. The van der Waals surface area contributed by atoms with E-state index in [9.17, 15) is 23.1 Å². The van der Waals surface area contributed by atoms with Crippen LogP contribution in [0, 0.1) is 5.92 Å². The second kappa shape index (κ2) is 7.72. The van der Waals surface area contributed by atoms with Gasteiger partial charge in [-0.2, -0.15) is 13.2 Å². The molecule has 0 radical (unpaired) electrons. The van der Waals surface area contributed by atoms with E-state index in [1.165, 1.54) is 12.1 Å². The molecular weight excluding hydrogens is 345 g/mol. The lowest BCUT2D eigenvalue weighted by Gasteiger charge is -2.26. The van der Waals surface area contributed by atoms with Crippen LogP contribution in [0.5, 0.6) is 0 Å². The molecule has 0 aliphatic carbocycles. The molecule has 1 fully saturated rings. The van der Waals surface area contributed by atoms with Crippen LogP contribution in [0.1, 0.15) is 25.0 Å². The molecule has 1 amide bonds. The fourth-order valence-corrected chi connectivity index (χ4v) is 2.59. The largest absolute Gasteiger partial charge is 0.416 e. The zero-order chi connectivity index (χ0) is 17.3. The van der Waals surface area contributed by atoms with Crippen molar-refractivity contribution in [2.45, 2.75) is 31.5 Å². The minimum absolute atomic E-state index is 0. The van der Waals surface area contributed by atoms with Crippen molar-refractivity contribution < 1.29 is 23.1 Å². The van der Waals surface area contributed by atoms with Gasteiger partial charge in [0, 0.05) is 25.6 Å². The average Bonchev–Trinajstić information content (AvgIpc) is 2.89. The highest BCUT2D eigenvalue weighted by atomic mass is 35.5. The summed E-state index contributed by atoms with van der Waals surface area (Å²) in [5.74, 6) is -0.452. The van der Waals surface area contributed by atoms with Gasteiger partial charge in [0.2, 0.25) is 5.91 Å². The topological polar surface area (TPSA) is 61.4 Å². The van der Waals surface area contributed by atoms with E-state index in [-0.39, 0.29) is 30.8 Å². The van der Waals surface area contributed by atoms with E-state index in [1.807, 2.05) is 0 Å². The molecule has 1 saturated heterocycles. The molecule has 1 aromatic carbocycles. The highest BCUT2D eigenvalue weighted by molar-refractivity contribution is 5.87. The highest BCUT2D eigenvalue weighted by Crippen LogP contribution is 2.32. The first-order chi connectivity index (χ1) is 10.6. The normalized spacial score (nSPS) is 21.2. The summed E-state index contributed by atoms with van der Waals surface area (Å²) in [5, 5.41) is 15.5. The van der Waals surface area contributed by atoms with Crippen molar-refractivity contribution in [1.29, 1.82) is 0 Å². The van der Waals surface area contributed by atoms with E-state index in [0.29, 0.717) is 18.7 Å². The molecule has 1 aliphatic rings. The van der Waals surface area contributed by atoms with E-state index in [1.54, 1.807) is 13.8 Å². The van der Waals surface area contributed by atoms with Crippen LogP contribution in [0.15, 0.2) is 24.3 Å². The Morgan fingerprint density at radius 1 is 1.29 bits per heavy atom. The van der Waals surface area contributed by atoms with Crippen molar-refractivity contribution in [1.82, 2.24) is 10.6 Å². The quantitative estimate of drug-likeness (QED) is 0.764. The summed E-state index contributed by atoms with van der Waals surface area (Å²) in [6.45, 7) is 4.54.